The first-order valence-corrected chi connectivity index (χ1v) is 6.58. The van der Waals surface area contributed by atoms with Crippen molar-refractivity contribution in [2.24, 2.45) is 0 Å². The number of alkyl halides is 3. The maximum Gasteiger partial charge on any atom is 0.429 e. The number of hydrogen-bond acceptors (Lipinski definition) is 3. The van der Waals surface area contributed by atoms with Crippen LogP contribution in [-0.4, -0.2) is 17.1 Å². The van der Waals surface area contributed by atoms with Crippen molar-refractivity contribution in [3.63, 3.8) is 0 Å². The molecule has 116 valence electrons. The molecule has 1 aromatic carbocycles. The molecule has 0 spiro atoms. The lowest BCUT2D eigenvalue weighted by Crippen LogP contribution is -2.27. The van der Waals surface area contributed by atoms with Crippen molar-refractivity contribution >= 4 is 5.97 Å². The highest BCUT2D eigenvalue weighted by Crippen LogP contribution is 2.35. The molecule has 1 aromatic heterocycles. The lowest BCUT2D eigenvalue weighted by Gasteiger charge is -2.21. The third kappa shape index (κ3) is 4.07. The van der Waals surface area contributed by atoms with Crippen molar-refractivity contribution in [2.45, 2.75) is 25.6 Å². The van der Waals surface area contributed by atoms with Crippen molar-refractivity contribution in [3.8, 4) is 0 Å². The van der Waals surface area contributed by atoms with Gasteiger partial charge >= 0.3 is 12.1 Å². The second-order valence-corrected chi connectivity index (χ2v) is 4.80. The number of hydrogen-bond donors (Lipinski definition) is 0. The van der Waals surface area contributed by atoms with Crippen LogP contribution >= 0.6 is 0 Å². The molecule has 0 N–H and O–H groups in total. The zero-order valence-corrected chi connectivity index (χ0v) is 11.8. The number of pyridine rings is 1. The number of aryl methyl sites for hydroxylation is 1. The smallest absolute Gasteiger partial charge is 0.429 e. The molecule has 1 heterocycles. The summed E-state index contributed by atoms with van der Waals surface area (Å²) < 4.78 is 43.9. The molecular formula is C16H14F3NO2. The minimum Gasteiger partial charge on any atom is -0.447 e. The molecule has 0 amide bonds. The Bertz CT molecular complexity index is 641. The molecule has 3 nitrogen and oxygen atoms in total. The van der Waals surface area contributed by atoms with Gasteiger partial charge in [-0.15, -0.1) is 0 Å². The number of rotatable bonds is 4. The van der Waals surface area contributed by atoms with Gasteiger partial charge in [-0.1, -0.05) is 30.3 Å². The van der Waals surface area contributed by atoms with Crippen LogP contribution in [0.4, 0.5) is 13.2 Å². The Labute approximate surface area is 125 Å². The van der Waals surface area contributed by atoms with Crippen LogP contribution in [0.15, 0.2) is 48.8 Å². The Balaban J connectivity index is 2.14. The summed E-state index contributed by atoms with van der Waals surface area (Å²) in [5.41, 5.74) is 1.26. The van der Waals surface area contributed by atoms with E-state index in [1.165, 1.54) is 18.3 Å². The van der Waals surface area contributed by atoms with Gasteiger partial charge in [0.05, 0.1) is 6.42 Å². The minimum atomic E-state index is -4.69. The second-order valence-electron chi connectivity index (χ2n) is 4.80. The number of esters is 1. The van der Waals surface area contributed by atoms with Gasteiger partial charge in [0.25, 0.3) is 0 Å². The Morgan fingerprint density at radius 3 is 2.55 bits per heavy atom. The maximum absolute atomic E-state index is 13.1. The van der Waals surface area contributed by atoms with Crippen molar-refractivity contribution in [3.05, 3.63) is 65.5 Å². The predicted octanol–water partition coefficient (Wildman–Crippen LogP) is 3.78. The number of benzene rings is 1. The number of ether oxygens (including phenoxy) is 1. The van der Waals surface area contributed by atoms with Crippen LogP contribution in [0.1, 0.15) is 22.8 Å². The molecule has 1 atom stereocenters. The van der Waals surface area contributed by atoms with Gasteiger partial charge in [0.15, 0.2) is 0 Å². The molecule has 0 bridgehead atoms. The highest BCUT2D eigenvalue weighted by atomic mass is 19.4. The summed E-state index contributed by atoms with van der Waals surface area (Å²) in [7, 11) is 0. The number of nitrogens with zero attached hydrogens (tertiary/aromatic N) is 1. The summed E-state index contributed by atoms with van der Waals surface area (Å²) in [6.45, 7) is 1.78. The van der Waals surface area contributed by atoms with E-state index in [2.05, 4.69) is 9.72 Å². The number of carbonyl (C=O) groups excluding carboxylic acids is 1. The molecule has 22 heavy (non-hydrogen) atoms. The second kappa shape index (κ2) is 6.60. The van der Waals surface area contributed by atoms with Crippen molar-refractivity contribution in [1.82, 2.24) is 4.98 Å². The largest absolute Gasteiger partial charge is 0.447 e. The third-order valence-electron chi connectivity index (χ3n) is 3.13. The summed E-state index contributed by atoms with van der Waals surface area (Å²) in [6.07, 6.45) is -4.81. The van der Waals surface area contributed by atoms with E-state index in [0.29, 0.717) is 5.56 Å². The maximum atomic E-state index is 13.1. The van der Waals surface area contributed by atoms with Gasteiger partial charge in [0, 0.05) is 18.0 Å². The molecule has 0 fully saturated rings. The molecule has 2 rings (SSSR count). The molecule has 0 aliphatic heterocycles. The highest BCUT2D eigenvalue weighted by Gasteiger charge is 2.44. The van der Waals surface area contributed by atoms with E-state index >= 15 is 0 Å². The van der Waals surface area contributed by atoms with E-state index in [1.54, 1.807) is 31.2 Å². The fourth-order valence-electron chi connectivity index (χ4n) is 1.99. The average Bonchev–Trinajstić information content (AvgIpc) is 2.47. The number of halogens is 3. The lowest BCUT2D eigenvalue weighted by molar-refractivity contribution is -0.223. The van der Waals surface area contributed by atoms with Crippen LogP contribution in [0.25, 0.3) is 0 Å². The highest BCUT2D eigenvalue weighted by molar-refractivity contribution is 5.73. The van der Waals surface area contributed by atoms with E-state index in [9.17, 15) is 18.0 Å². The van der Waals surface area contributed by atoms with Crippen LogP contribution in [0.5, 0.6) is 0 Å². The van der Waals surface area contributed by atoms with Gasteiger partial charge in [-0.3, -0.25) is 9.78 Å². The predicted molar refractivity (Wildman–Crippen MR) is 74.0 cm³/mol. The van der Waals surface area contributed by atoms with Gasteiger partial charge in [-0.2, -0.15) is 13.2 Å². The zero-order chi connectivity index (χ0) is 16.2. The number of aromatic nitrogens is 1. The standard InChI is InChI=1S/C16H14F3NO2/c1-11-5-2-3-6-12(11)9-14(21)22-15(16(17,18)19)13-7-4-8-20-10-13/h2-8,10,15H,9H2,1H3/t15-/m0/s1. The van der Waals surface area contributed by atoms with Crippen LogP contribution in [-0.2, 0) is 16.0 Å². The molecular weight excluding hydrogens is 295 g/mol. The van der Waals surface area contributed by atoms with Crippen LogP contribution < -0.4 is 0 Å². The Hall–Kier alpha value is -2.37. The van der Waals surface area contributed by atoms with E-state index in [1.807, 2.05) is 0 Å². The SMILES string of the molecule is Cc1ccccc1CC(=O)O[C@@H](c1cccnc1)C(F)(F)F. The van der Waals surface area contributed by atoms with Gasteiger partial charge in [-0.05, 0) is 24.1 Å². The molecule has 6 heteroatoms. The van der Waals surface area contributed by atoms with E-state index in [4.69, 9.17) is 0 Å². The molecule has 0 aliphatic carbocycles. The van der Waals surface area contributed by atoms with Crippen molar-refractivity contribution in [1.29, 1.82) is 0 Å². The molecule has 2 aromatic rings. The molecule has 0 aliphatic rings. The van der Waals surface area contributed by atoms with E-state index < -0.39 is 18.2 Å². The van der Waals surface area contributed by atoms with Crippen LogP contribution in [0, 0.1) is 6.92 Å². The monoisotopic (exact) mass is 309 g/mol. The van der Waals surface area contributed by atoms with Gasteiger partial charge in [0.1, 0.15) is 0 Å². The summed E-state index contributed by atoms with van der Waals surface area (Å²) in [5.74, 6) is -0.930. The first-order valence-electron chi connectivity index (χ1n) is 6.58. The van der Waals surface area contributed by atoms with Crippen molar-refractivity contribution < 1.29 is 22.7 Å². The molecule has 0 unspecified atom stereocenters. The Morgan fingerprint density at radius 1 is 1.23 bits per heavy atom. The van der Waals surface area contributed by atoms with Gasteiger partial charge in [-0.25, -0.2) is 0 Å². The zero-order valence-electron chi connectivity index (χ0n) is 11.8. The summed E-state index contributed by atoms with van der Waals surface area (Å²) in [5, 5.41) is 0. The fraction of sp³-hybridized carbons (Fsp3) is 0.250. The normalized spacial score (nSPS) is 12.7. The molecule has 0 saturated carbocycles. The Kier molecular flexibility index (Phi) is 4.80. The van der Waals surface area contributed by atoms with Gasteiger partial charge < -0.3 is 4.74 Å². The average molecular weight is 309 g/mol. The molecule has 0 saturated heterocycles. The summed E-state index contributed by atoms with van der Waals surface area (Å²) >= 11 is 0. The summed E-state index contributed by atoms with van der Waals surface area (Å²) in [6, 6.07) is 9.57. The summed E-state index contributed by atoms with van der Waals surface area (Å²) in [4.78, 5) is 15.5. The minimum absolute atomic E-state index is 0.201. The van der Waals surface area contributed by atoms with E-state index in [-0.39, 0.29) is 12.0 Å². The van der Waals surface area contributed by atoms with Crippen LogP contribution in [0.3, 0.4) is 0 Å². The lowest BCUT2D eigenvalue weighted by atomic mass is 10.1. The number of carbonyl (C=O) groups is 1. The van der Waals surface area contributed by atoms with Crippen molar-refractivity contribution in [2.75, 3.05) is 0 Å². The topological polar surface area (TPSA) is 39.2 Å². The first kappa shape index (κ1) is 16.0. The van der Waals surface area contributed by atoms with E-state index in [0.717, 1.165) is 11.8 Å². The molecule has 0 radical (unpaired) electrons. The third-order valence-corrected chi connectivity index (χ3v) is 3.13. The first-order chi connectivity index (χ1) is 10.4. The van der Waals surface area contributed by atoms with Gasteiger partial charge in [0.2, 0.25) is 6.10 Å². The fourth-order valence-corrected chi connectivity index (χ4v) is 1.99. The van der Waals surface area contributed by atoms with Crippen LogP contribution in [0.2, 0.25) is 0 Å². The quantitative estimate of drug-likeness (QED) is 0.807. The Morgan fingerprint density at radius 2 is 1.95 bits per heavy atom.